The fourth-order valence-corrected chi connectivity index (χ4v) is 5.18. The van der Waals surface area contributed by atoms with Gasteiger partial charge in [0.05, 0.1) is 16.9 Å². The van der Waals surface area contributed by atoms with Crippen LogP contribution in [0.5, 0.6) is 0 Å². The average molecular weight is 434 g/mol. The fourth-order valence-electron chi connectivity index (χ4n) is 5.18. The number of fused-ring (bicyclic) bond motifs is 2. The van der Waals surface area contributed by atoms with Crippen molar-refractivity contribution >= 4 is 29.1 Å². The van der Waals surface area contributed by atoms with Gasteiger partial charge in [-0.3, -0.25) is 4.79 Å². The Balaban J connectivity index is 1.42. The van der Waals surface area contributed by atoms with Crippen LogP contribution in [0.1, 0.15) is 48.9 Å². The van der Waals surface area contributed by atoms with Crippen LogP contribution in [0.25, 0.3) is 0 Å². The molecule has 0 aliphatic carbocycles. The van der Waals surface area contributed by atoms with E-state index in [1.54, 1.807) is 23.2 Å². The lowest BCUT2D eigenvalue weighted by atomic mass is 9.99. The minimum absolute atomic E-state index is 0.0954. The number of anilines is 3. The summed E-state index contributed by atoms with van der Waals surface area (Å²) in [6.07, 6.45) is 8.72. The van der Waals surface area contributed by atoms with E-state index >= 15 is 0 Å². The lowest BCUT2D eigenvalue weighted by Crippen LogP contribution is -2.43. The van der Waals surface area contributed by atoms with E-state index in [-0.39, 0.29) is 11.9 Å². The second kappa shape index (κ2) is 9.28. The predicted octanol–water partition coefficient (Wildman–Crippen LogP) is 4.49. The Morgan fingerprint density at radius 3 is 2.72 bits per heavy atom. The van der Waals surface area contributed by atoms with Crippen molar-refractivity contribution in [1.29, 1.82) is 0 Å². The molecule has 168 valence electrons. The van der Waals surface area contributed by atoms with Crippen LogP contribution < -0.4 is 10.2 Å². The molecule has 3 aliphatic rings. The molecule has 7 nitrogen and oxygen atoms in total. The van der Waals surface area contributed by atoms with Crippen LogP contribution in [-0.4, -0.2) is 59.4 Å². The number of para-hydroxylation sites is 2. The molecule has 1 N–H and O–H groups in total. The lowest BCUT2D eigenvalue weighted by Gasteiger charge is -2.31. The number of carbonyl (C=O) groups excluding carboxylic acids is 2. The molecule has 2 saturated heterocycles. The number of rotatable bonds is 3. The minimum Gasteiger partial charge on any atom is -0.324 e. The minimum atomic E-state index is -0.241. The fraction of sp³-hybridized carbons (Fsp3) is 0.480. The van der Waals surface area contributed by atoms with E-state index in [0.717, 1.165) is 38.9 Å². The number of benzene rings is 1. The standard InChI is InChI=1S/C25H31N5O2/c31-24-20-9-7-13-26-23(20)30(22-11-2-1-10-21(22)27-24)25(32)29-16-4-3-8-19(18-29)12-17-28-14-5-6-15-28/h1-2,7,9-11,13,19H,3-6,8,12,14-18H2,(H,27,31). The van der Waals surface area contributed by atoms with Crippen molar-refractivity contribution in [2.45, 2.75) is 38.5 Å². The van der Waals surface area contributed by atoms with E-state index in [2.05, 4.69) is 15.2 Å². The van der Waals surface area contributed by atoms with E-state index in [0.29, 0.717) is 28.7 Å². The number of nitrogens with zero attached hydrogens (tertiary/aromatic N) is 4. The number of likely N-dealkylation sites (tertiary alicyclic amines) is 2. The van der Waals surface area contributed by atoms with E-state index in [1.165, 1.54) is 32.4 Å². The predicted molar refractivity (Wildman–Crippen MR) is 125 cm³/mol. The first-order valence-corrected chi connectivity index (χ1v) is 11.9. The largest absolute Gasteiger partial charge is 0.330 e. The molecule has 3 aliphatic heterocycles. The van der Waals surface area contributed by atoms with E-state index in [9.17, 15) is 9.59 Å². The highest BCUT2D eigenvalue weighted by Crippen LogP contribution is 2.37. The molecule has 0 spiro atoms. The monoisotopic (exact) mass is 433 g/mol. The summed E-state index contributed by atoms with van der Waals surface area (Å²) in [7, 11) is 0. The van der Waals surface area contributed by atoms with Crippen molar-refractivity contribution in [2.24, 2.45) is 5.92 Å². The summed E-state index contributed by atoms with van der Waals surface area (Å²) in [6, 6.07) is 10.8. The summed E-state index contributed by atoms with van der Waals surface area (Å²) in [5, 5.41) is 2.94. The highest BCUT2D eigenvalue weighted by Gasteiger charge is 2.34. The third kappa shape index (κ3) is 4.21. The van der Waals surface area contributed by atoms with Gasteiger partial charge in [0, 0.05) is 19.3 Å². The number of urea groups is 1. The topological polar surface area (TPSA) is 68.8 Å². The molecule has 2 fully saturated rings. The Hall–Kier alpha value is -2.93. The number of pyridine rings is 1. The van der Waals surface area contributed by atoms with Gasteiger partial charge in [0.2, 0.25) is 0 Å². The molecule has 0 saturated carbocycles. The van der Waals surface area contributed by atoms with Crippen LogP contribution in [0.2, 0.25) is 0 Å². The number of aromatic nitrogens is 1. The van der Waals surface area contributed by atoms with E-state index in [1.807, 2.05) is 29.2 Å². The Kier molecular flexibility index (Phi) is 6.08. The first-order valence-electron chi connectivity index (χ1n) is 11.9. The quantitative estimate of drug-likeness (QED) is 0.774. The van der Waals surface area contributed by atoms with Crippen LogP contribution in [0.15, 0.2) is 42.6 Å². The summed E-state index contributed by atoms with van der Waals surface area (Å²) in [5.41, 5.74) is 1.71. The van der Waals surface area contributed by atoms with Gasteiger partial charge in [-0.15, -0.1) is 0 Å². The molecule has 1 unspecified atom stereocenters. The lowest BCUT2D eigenvalue weighted by molar-refractivity contribution is 0.102. The Morgan fingerprint density at radius 2 is 1.84 bits per heavy atom. The first-order chi connectivity index (χ1) is 15.7. The highest BCUT2D eigenvalue weighted by atomic mass is 16.2. The van der Waals surface area contributed by atoms with Gasteiger partial charge in [0.25, 0.3) is 5.91 Å². The van der Waals surface area contributed by atoms with Gasteiger partial charge >= 0.3 is 6.03 Å². The number of hydrogen-bond acceptors (Lipinski definition) is 4. The summed E-state index contributed by atoms with van der Waals surface area (Å²) >= 11 is 0. The van der Waals surface area contributed by atoms with Crippen LogP contribution in [0, 0.1) is 5.92 Å². The maximum absolute atomic E-state index is 14.0. The number of carbonyl (C=O) groups is 2. The van der Waals surface area contributed by atoms with Crippen LogP contribution in [0.3, 0.4) is 0 Å². The molecule has 0 bridgehead atoms. The molecule has 1 aromatic heterocycles. The molecule has 2 aromatic rings. The maximum Gasteiger partial charge on any atom is 0.330 e. The smallest absolute Gasteiger partial charge is 0.324 e. The van der Waals surface area contributed by atoms with Crippen molar-refractivity contribution in [3.63, 3.8) is 0 Å². The van der Waals surface area contributed by atoms with Gasteiger partial charge in [0.1, 0.15) is 0 Å². The van der Waals surface area contributed by atoms with Gasteiger partial charge in [-0.2, -0.15) is 0 Å². The van der Waals surface area contributed by atoms with Crippen molar-refractivity contribution in [3.8, 4) is 0 Å². The van der Waals surface area contributed by atoms with Crippen LogP contribution in [-0.2, 0) is 0 Å². The zero-order valence-electron chi connectivity index (χ0n) is 18.5. The first kappa shape index (κ1) is 20.9. The van der Waals surface area contributed by atoms with Crippen molar-refractivity contribution in [1.82, 2.24) is 14.8 Å². The summed E-state index contributed by atoms with van der Waals surface area (Å²) in [6.45, 7) is 5.05. The second-order valence-corrected chi connectivity index (χ2v) is 9.11. The SMILES string of the molecule is O=C1Nc2ccccc2N(C(=O)N2CCCCC(CCN3CCCC3)C2)c2ncccc21. The molecule has 3 amide bonds. The Morgan fingerprint density at radius 1 is 1.03 bits per heavy atom. The van der Waals surface area contributed by atoms with Crippen LogP contribution >= 0.6 is 0 Å². The molecule has 1 aromatic carbocycles. The third-order valence-corrected chi connectivity index (χ3v) is 6.92. The molecule has 32 heavy (non-hydrogen) atoms. The normalized spacial score (nSPS) is 21.4. The Bertz CT molecular complexity index is 988. The maximum atomic E-state index is 14.0. The average Bonchev–Trinajstić information content (AvgIpc) is 3.17. The molecular weight excluding hydrogens is 402 g/mol. The van der Waals surface area contributed by atoms with Gasteiger partial charge in [-0.1, -0.05) is 18.6 Å². The zero-order chi connectivity index (χ0) is 21.9. The summed E-state index contributed by atoms with van der Waals surface area (Å²) in [5.74, 6) is 0.667. The van der Waals surface area contributed by atoms with Gasteiger partial charge < -0.3 is 15.1 Å². The van der Waals surface area contributed by atoms with Crippen molar-refractivity contribution in [3.05, 3.63) is 48.2 Å². The number of hydrogen-bond donors (Lipinski definition) is 1. The van der Waals surface area contributed by atoms with Gasteiger partial charge in [0.15, 0.2) is 5.82 Å². The Labute approximate surface area is 189 Å². The molecule has 1 atom stereocenters. The van der Waals surface area contributed by atoms with E-state index in [4.69, 9.17) is 0 Å². The zero-order valence-corrected chi connectivity index (χ0v) is 18.5. The summed E-state index contributed by atoms with van der Waals surface area (Å²) in [4.78, 5) is 37.4. The molecule has 4 heterocycles. The third-order valence-electron chi connectivity index (χ3n) is 6.92. The van der Waals surface area contributed by atoms with E-state index < -0.39 is 0 Å². The summed E-state index contributed by atoms with van der Waals surface area (Å²) < 4.78 is 0. The van der Waals surface area contributed by atoms with Gasteiger partial charge in [-0.05, 0) is 81.9 Å². The van der Waals surface area contributed by atoms with Crippen molar-refractivity contribution in [2.75, 3.05) is 42.9 Å². The number of amides is 3. The molecule has 5 rings (SSSR count). The molecule has 7 heteroatoms. The second-order valence-electron chi connectivity index (χ2n) is 9.11. The van der Waals surface area contributed by atoms with Crippen molar-refractivity contribution < 1.29 is 9.59 Å². The highest BCUT2D eigenvalue weighted by molar-refractivity contribution is 6.16. The van der Waals surface area contributed by atoms with Gasteiger partial charge in [-0.25, -0.2) is 14.7 Å². The molecule has 0 radical (unpaired) electrons. The van der Waals surface area contributed by atoms with Crippen LogP contribution in [0.4, 0.5) is 22.0 Å². The number of nitrogens with one attached hydrogen (secondary N) is 1. The molecular formula is C25H31N5O2.